The Labute approximate surface area is 102 Å². The van der Waals surface area contributed by atoms with E-state index in [1.54, 1.807) is 24.3 Å². The van der Waals surface area contributed by atoms with Crippen molar-refractivity contribution in [2.24, 2.45) is 0 Å². The number of halogens is 1. The third kappa shape index (κ3) is 2.09. The lowest BCUT2D eigenvalue weighted by atomic mass is 10.1. The van der Waals surface area contributed by atoms with Gasteiger partial charge in [-0.05, 0) is 12.1 Å². The third-order valence-corrected chi connectivity index (χ3v) is 2.55. The van der Waals surface area contributed by atoms with Crippen LogP contribution in [0.5, 0.6) is 5.75 Å². The zero-order valence-electron chi connectivity index (χ0n) is 8.90. The molecule has 0 aliphatic carbocycles. The number of ether oxygens (including phenoxy) is 1. The van der Waals surface area contributed by atoms with E-state index < -0.39 is 5.97 Å². The number of nitrogens with zero attached hydrogens (tertiary/aromatic N) is 1. The monoisotopic (exact) mass is 252 g/mol. The number of methoxy groups -OCH3 is 1. The van der Waals surface area contributed by atoms with Crippen molar-refractivity contribution in [2.45, 2.75) is 0 Å². The maximum absolute atomic E-state index is 11.1. The number of hydrogen-bond donors (Lipinski definition) is 2. The number of H-pyrrole nitrogens is 1. The van der Waals surface area contributed by atoms with Gasteiger partial charge in [-0.3, -0.25) is 5.10 Å². The first-order valence-corrected chi connectivity index (χ1v) is 5.13. The summed E-state index contributed by atoms with van der Waals surface area (Å²) in [5, 5.41) is 15.4. The van der Waals surface area contributed by atoms with Crippen molar-refractivity contribution < 1.29 is 14.6 Å². The first-order chi connectivity index (χ1) is 8.13. The van der Waals surface area contributed by atoms with Gasteiger partial charge in [0.2, 0.25) is 0 Å². The van der Waals surface area contributed by atoms with Gasteiger partial charge in [0, 0.05) is 5.56 Å². The number of carbonyl (C=O) groups is 1. The van der Waals surface area contributed by atoms with Gasteiger partial charge < -0.3 is 9.84 Å². The molecule has 5 nitrogen and oxygen atoms in total. The second-order valence-corrected chi connectivity index (χ2v) is 3.68. The van der Waals surface area contributed by atoms with Crippen molar-refractivity contribution >= 4 is 17.6 Å². The van der Waals surface area contributed by atoms with Gasteiger partial charge in [-0.15, -0.1) is 0 Å². The summed E-state index contributed by atoms with van der Waals surface area (Å²) in [5.41, 5.74) is 0.881. The molecule has 0 amide bonds. The number of carboxylic acids is 1. The van der Waals surface area contributed by atoms with Gasteiger partial charge >= 0.3 is 5.97 Å². The molecule has 0 atom stereocenters. The van der Waals surface area contributed by atoms with E-state index in [-0.39, 0.29) is 10.7 Å². The fourth-order valence-corrected chi connectivity index (χ4v) is 1.71. The molecular weight excluding hydrogens is 244 g/mol. The Balaban J connectivity index is 2.56. The maximum Gasteiger partial charge on any atom is 0.341 e. The molecule has 17 heavy (non-hydrogen) atoms. The van der Waals surface area contributed by atoms with Gasteiger partial charge in [0.1, 0.15) is 22.2 Å². The Morgan fingerprint density at radius 3 is 2.94 bits per heavy atom. The first-order valence-electron chi connectivity index (χ1n) is 4.75. The molecule has 6 heteroatoms. The van der Waals surface area contributed by atoms with E-state index in [9.17, 15) is 4.79 Å². The van der Waals surface area contributed by atoms with Crippen molar-refractivity contribution in [2.75, 3.05) is 7.11 Å². The Morgan fingerprint density at radius 1 is 1.53 bits per heavy atom. The number of aromatic amines is 1. The molecule has 0 aliphatic heterocycles. The zero-order chi connectivity index (χ0) is 12.4. The zero-order valence-corrected chi connectivity index (χ0v) is 9.65. The van der Waals surface area contributed by atoms with Gasteiger partial charge in [0.25, 0.3) is 0 Å². The molecule has 88 valence electrons. The third-order valence-electron chi connectivity index (χ3n) is 2.28. The number of hydrogen-bond acceptors (Lipinski definition) is 3. The number of benzene rings is 1. The maximum atomic E-state index is 11.1. The van der Waals surface area contributed by atoms with Crippen molar-refractivity contribution in [1.82, 2.24) is 10.2 Å². The topological polar surface area (TPSA) is 75.2 Å². The average molecular weight is 253 g/mol. The second-order valence-electron chi connectivity index (χ2n) is 3.30. The molecule has 0 saturated heterocycles. The molecule has 0 bridgehead atoms. The summed E-state index contributed by atoms with van der Waals surface area (Å²) in [5.74, 6) is -0.500. The Kier molecular flexibility index (Phi) is 3.01. The lowest BCUT2D eigenvalue weighted by Crippen LogP contribution is -1.98. The molecule has 1 aromatic heterocycles. The van der Waals surface area contributed by atoms with Gasteiger partial charge in [-0.25, -0.2) is 4.79 Å². The number of carboxylic acid groups (broad SMARTS) is 1. The van der Waals surface area contributed by atoms with Crippen molar-refractivity contribution in [3.05, 3.63) is 35.0 Å². The molecule has 0 fully saturated rings. The van der Waals surface area contributed by atoms with E-state index >= 15 is 0 Å². The highest BCUT2D eigenvalue weighted by Gasteiger charge is 2.19. The Bertz CT molecular complexity index is 566. The van der Waals surface area contributed by atoms with Crippen LogP contribution >= 0.6 is 11.6 Å². The number of rotatable bonds is 3. The van der Waals surface area contributed by atoms with Crippen LogP contribution in [-0.2, 0) is 0 Å². The first kappa shape index (κ1) is 11.5. The molecule has 0 aliphatic rings. The summed E-state index contributed by atoms with van der Waals surface area (Å²) in [7, 11) is 1.54. The van der Waals surface area contributed by atoms with Crippen LogP contribution in [0, 0.1) is 0 Å². The smallest absolute Gasteiger partial charge is 0.341 e. The number of aromatic carboxylic acids is 1. The van der Waals surface area contributed by atoms with Crippen LogP contribution in [-0.4, -0.2) is 28.4 Å². The van der Waals surface area contributed by atoms with Crippen LogP contribution in [0.15, 0.2) is 24.3 Å². The fourth-order valence-electron chi connectivity index (χ4n) is 1.50. The minimum absolute atomic E-state index is 0.00956. The quantitative estimate of drug-likeness (QED) is 0.880. The summed E-state index contributed by atoms with van der Waals surface area (Å²) >= 11 is 5.73. The van der Waals surface area contributed by atoms with Crippen LogP contribution < -0.4 is 4.74 Å². The van der Waals surface area contributed by atoms with E-state index in [1.165, 1.54) is 7.11 Å². The van der Waals surface area contributed by atoms with Crippen LogP contribution in [0.4, 0.5) is 0 Å². The summed E-state index contributed by atoms with van der Waals surface area (Å²) in [4.78, 5) is 11.1. The summed E-state index contributed by atoms with van der Waals surface area (Å²) < 4.78 is 5.07. The minimum Gasteiger partial charge on any atom is -0.497 e. The average Bonchev–Trinajstić information content (AvgIpc) is 2.71. The summed E-state index contributed by atoms with van der Waals surface area (Å²) in [6.07, 6.45) is 0. The summed E-state index contributed by atoms with van der Waals surface area (Å²) in [6.45, 7) is 0. The van der Waals surface area contributed by atoms with Crippen molar-refractivity contribution in [3.8, 4) is 17.0 Å². The normalized spacial score (nSPS) is 10.2. The van der Waals surface area contributed by atoms with Crippen molar-refractivity contribution in [1.29, 1.82) is 0 Å². The fraction of sp³-hybridized carbons (Fsp3) is 0.0909. The van der Waals surface area contributed by atoms with E-state index in [4.69, 9.17) is 21.4 Å². The predicted octanol–water partition coefficient (Wildman–Crippen LogP) is 2.44. The van der Waals surface area contributed by atoms with Crippen LogP contribution in [0.1, 0.15) is 10.4 Å². The molecular formula is C11H9ClN2O3. The SMILES string of the molecule is COc1cccc(-c2n[nH]c(Cl)c2C(=O)O)c1. The highest BCUT2D eigenvalue weighted by Crippen LogP contribution is 2.28. The van der Waals surface area contributed by atoms with Gasteiger partial charge in [0.05, 0.1) is 7.11 Å². The van der Waals surface area contributed by atoms with Gasteiger partial charge in [0.15, 0.2) is 0 Å². The molecule has 1 heterocycles. The highest BCUT2D eigenvalue weighted by atomic mass is 35.5. The minimum atomic E-state index is -1.12. The lowest BCUT2D eigenvalue weighted by molar-refractivity contribution is 0.0698. The van der Waals surface area contributed by atoms with Gasteiger partial charge in [-0.1, -0.05) is 23.7 Å². The Morgan fingerprint density at radius 2 is 2.29 bits per heavy atom. The van der Waals surface area contributed by atoms with E-state index in [1.807, 2.05) is 0 Å². The standard InChI is InChI=1S/C11H9ClN2O3/c1-17-7-4-2-3-6(5-7)9-8(11(15)16)10(12)14-13-9/h2-5H,1H3,(H,13,14)(H,15,16). The van der Waals surface area contributed by atoms with Crippen LogP contribution in [0.3, 0.4) is 0 Å². The van der Waals surface area contributed by atoms with Crippen LogP contribution in [0.25, 0.3) is 11.3 Å². The molecule has 2 N–H and O–H groups in total. The van der Waals surface area contributed by atoms with E-state index in [2.05, 4.69) is 10.2 Å². The lowest BCUT2D eigenvalue weighted by Gasteiger charge is -2.02. The van der Waals surface area contributed by atoms with E-state index in [0.717, 1.165) is 0 Å². The molecule has 0 saturated carbocycles. The van der Waals surface area contributed by atoms with Crippen molar-refractivity contribution in [3.63, 3.8) is 0 Å². The Hall–Kier alpha value is -2.01. The predicted molar refractivity (Wildman–Crippen MR) is 62.5 cm³/mol. The molecule has 0 radical (unpaired) electrons. The molecule has 0 spiro atoms. The number of nitrogens with one attached hydrogen (secondary N) is 1. The molecule has 1 aromatic carbocycles. The number of aromatic nitrogens is 2. The largest absolute Gasteiger partial charge is 0.497 e. The molecule has 0 unspecified atom stereocenters. The van der Waals surface area contributed by atoms with E-state index in [0.29, 0.717) is 17.0 Å². The molecule has 2 aromatic rings. The van der Waals surface area contributed by atoms with Crippen LogP contribution in [0.2, 0.25) is 5.15 Å². The second kappa shape index (κ2) is 4.47. The molecule has 2 rings (SSSR count). The van der Waals surface area contributed by atoms with Gasteiger partial charge in [-0.2, -0.15) is 5.10 Å². The highest BCUT2D eigenvalue weighted by molar-refractivity contribution is 6.33. The summed E-state index contributed by atoms with van der Waals surface area (Å²) in [6, 6.07) is 6.95.